The average molecular weight is 361 g/mol. The molecular weight excluding hydrogens is 342 g/mol. The Morgan fingerprint density at radius 1 is 1.32 bits per heavy atom. The second kappa shape index (κ2) is 7.18. The van der Waals surface area contributed by atoms with Crippen molar-refractivity contribution in [1.82, 2.24) is 9.97 Å². The molecule has 132 valence electrons. The van der Waals surface area contributed by atoms with E-state index < -0.39 is 0 Å². The number of carbonyl (C=O) groups excluding carboxylic acids is 1. The Balaban J connectivity index is 2.10. The van der Waals surface area contributed by atoms with Gasteiger partial charge in [-0.05, 0) is 30.9 Å². The van der Waals surface area contributed by atoms with Crippen molar-refractivity contribution in [1.29, 1.82) is 0 Å². The summed E-state index contributed by atoms with van der Waals surface area (Å²) in [5.74, 6) is 0.953. The molecule has 0 fully saturated rings. The van der Waals surface area contributed by atoms with Gasteiger partial charge in [-0.1, -0.05) is 17.8 Å². The SMILES string of the molecule is CCOc1ccc([C@H]2CC(=O)Nc3nc(SC)[nH]c(=O)c32)cc1OC. The second-order valence-electron chi connectivity index (χ2n) is 5.49. The summed E-state index contributed by atoms with van der Waals surface area (Å²) in [4.78, 5) is 31.7. The molecule has 1 aromatic heterocycles. The molecule has 0 saturated carbocycles. The molecule has 1 aliphatic rings. The topological polar surface area (TPSA) is 93.3 Å². The molecular formula is C17H19N3O4S. The highest BCUT2D eigenvalue weighted by molar-refractivity contribution is 7.98. The van der Waals surface area contributed by atoms with Crippen molar-refractivity contribution in [3.63, 3.8) is 0 Å². The van der Waals surface area contributed by atoms with Gasteiger partial charge in [0.2, 0.25) is 5.91 Å². The molecule has 7 nitrogen and oxygen atoms in total. The van der Waals surface area contributed by atoms with Crippen molar-refractivity contribution in [2.75, 3.05) is 25.3 Å². The molecule has 0 radical (unpaired) electrons. The lowest BCUT2D eigenvalue weighted by molar-refractivity contribution is -0.116. The molecule has 0 bridgehead atoms. The molecule has 3 rings (SSSR count). The van der Waals surface area contributed by atoms with Gasteiger partial charge >= 0.3 is 0 Å². The Hall–Kier alpha value is -2.48. The van der Waals surface area contributed by atoms with Gasteiger partial charge in [-0.2, -0.15) is 0 Å². The lowest BCUT2D eigenvalue weighted by atomic mass is 9.86. The number of nitrogens with one attached hydrogen (secondary N) is 2. The van der Waals surface area contributed by atoms with Gasteiger partial charge in [0.25, 0.3) is 5.56 Å². The summed E-state index contributed by atoms with van der Waals surface area (Å²) in [5, 5.41) is 3.16. The summed E-state index contributed by atoms with van der Waals surface area (Å²) in [5.41, 5.74) is 1.02. The fourth-order valence-corrected chi connectivity index (χ4v) is 3.29. The minimum Gasteiger partial charge on any atom is -0.493 e. The van der Waals surface area contributed by atoms with Gasteiger partial charge in [0.15, 0.2) is 16.7 Å². The van der Waals surface area contributed by atoms with E-state index >= 15 is 0 Å². The number of carbonyl (C=O) groups is 1. The quantitative estimate of drug-likeness (QED) is 0.627. The summed E-state index contributed by atoms with van der Waals surface area (Å²) in [6.07, 6.45) is 1.98. The zero-order chi connectivity index (χ0) is 18.0. The largest absolute Gasteiger partial charge is 0.493 e. The average Bonchev–Trinajstić information content (AvgIpc) is 2.61. The first-order valence-corrected chi connectivity index (χ1v) is 9.08. The molecule has 8 heteroatoms. The highest BCUT2D eigenvalue weighted by Crippen LogP contribution is 2.38. The molecule has 2 heterocycles. The van der Waals surface area contributed by atoms with Gasteiger partial charge < -0.3 is 19.8 Å². The van der Waals surface area contributed by atoms with Crippen LogP contribution in [-0.4, -0.2) is 35.8 Å². The lowest BCUT2D eigenvalue weighted by Gasteiger charge is -2.25. The number of anilines is 1. The highest BCUT2D eigenvalue weighted by Gasteiger charge is 2.31. The number of ether oxygens (including phenoxy) is 2. The summed E-state index contributed by atoms with van der Waals surface area (Å²) in [7, 11) is 1.56. The summed E-state index contributed by atoms with van der Waals surface area (Å²) in [6.45, 7) is 2.41. The lowest BCUT2D eigenvalue weighted by Crippen LogP contribution is -2.31. The van der Waals surface area contributed by atoms with E-state index in [4.69, 9.17) is 9.47 Å². The number of thioether (sulfide) groups is 1. The van der Waals surface area contributed by atoms with Crippen molar-refractivity contribution < 1.29 is 14.3 Å². The Morgan fingerprint density at radius 3 is 2.80 bits per heavy atom. The number of H-pyrrole nitrogens is 1. The number of fused-ring (bicyclic) bond motifs is 1. The number of aromatic amines is 1. The van der Waals surface area contributed by atoms with Crippen molar-refractivity contribution >= 4 is 23.5 Å². The highest BCUT2D eigenvalue weighted by atomic mass is 32.2. The first kappa shape index (κ1) is 17.3. The first-order chi connectivity index (χ1) is 12.1. The van der Waals surface area contributed by atoms with Crippen LogP contribution in [0.15, 0.2) is 28.2 Å². The third-order valence-electron chi connectivity index (χ3n) is 4.01. The van der Waals surface area contributed by atoms with Crippen LogP contribution in [0.25, 0.3) is 0 Å². The van der Waals surface area contributed by atoms with Gasteiger partial charge in [-0.25, -0.2) is 4.98 Å². The Kier molecular flexibility index (Phi) is 4.98. The van der Waals surface area contributed by atoms with E-state index in [0.717, 1.165) is 5.56 Å². The van der Waals surface area contributed by atoms with Crippen molar-refractivity contribution in [3.05, 3.63) is 39.7 Å². The maximum absolute atomic E-state index is 12.5. The molecule has 0 spiro atoms. The monoisotopic (exact) mass is 361 g/mol. The molecule has 1 atom stereocenters. The van der Waals surface area contributed by atoms with E-state index in [2.05, 4.69) is 15.3 Å². The van der Waals surface area contributed by atoms with E-state index in [9.17, 15) is 9.59 Å². The summed E-state index contributed by atoms with van der Waals surface area (Å²) >= 11 is 1.31. The molecule has 2 N–H and O–H groups in total. The van der Waals surface area contributed by atoms with Crippen molar-refractivity contribution in [3.8, 4) is 11.5 Å². The predicted molar refractivity (Wildman–Crippen MR) is 95.9 cm³/mol. The van der Waals surface area contributed by atoms with Crippen LogP contribution >= 0.6 is 11.8 Å². The smallest absolute Gasteiger partial charge is 0.257 e. The van der Waals surface area contributed by atoms with Crippen LogP contribution in [0.1, 0.15) is 30.4 Å². The molecule has 1 aromatic carbocycles. The van der Waals surface area contributed by atoms with Crippen LogP contribution in [-0.2, 0) is 4.79 Å². The molecule has 0 unspecified atom stereocenters. The zero-order valence-corrected chi connectivity index (χ0v) is 15.0. The summed E-state index contributed by atoms with van der Waals surface area (Å²) < 4.78 is 10.9. The van der Waals surface area contributed by atoms with Gasteiger partial charge in [-0.3, -0.25) is 9.59 Å². The Bertz CT molecular complexity index is 865. The minimum absolute atomic E-state index is 0.171. The maximum atomic E-state index is 12.5. The number of hydrogen-bond acceptors (Lipinski definition) is 6. The molecule has 2 aromatic rings. The molecule has 25 heavy (non-hydrogen) atoms. The van der Waals surface area contributed by atoms with E-state index in [1.165, 1.54) is 11.8 Å². The van der Waals surface area contributed by atoms with Crippen LogP contribution in [0, 0.1) is 0 Å². The van der Waals surface area contributed by atoms with E-state index in [-0.39, 0.29) is 23.8 Å². The number of nitrogens with zero attached hydrogens (tertiary/aromatic N) is 1. The molecule has 0 aliphatic carbocycles. The number of hydrogen-bond donors (Lipinski definition) is 2. The van der Waals surface area contributed by atoms with Crippen LogP contribution in [0.4, 0.5) is 5.82 Å². The predicted octanol–water partition coefficient (Wildman–Crippen LogP) is 2.37. The minimum atomic E-state index is -0.388. The second-order valence-corrected chi connectivity index (χ2v) is 6.28. The third-order valence-corrected chi connectivity index (χ3v) is 4.59. The normalized spacial score (nSPS) is 16.1. The molecule has 0 saturated heterocycles. The van der Waals surface area contributed by atoms with Crippen LogP contribution < -0.4 is 20.3 Å². The van der Waals surface area contributed by atoms with Crippen LogP contribution in [0.5, 0.6) is 11.5 Å². The van der Waals surface area contributed by atoms with Crippen molar-refractivity contribution in [2.45, 2.75) is 24.4 Å². The van der Waals surface area contributed by atoms with Crippen molar-refractivity contribution in [2.24, 2.45) is 0 Å². The van der Waals surface area contributed by atoms with Crippen LogP contribution in [0.3, 0.4) is 0 Å². The van der Waals surface area contributed by atoms with Gasteiger partial charge in [0.05, 0.1) is 19.3 Å². The fraction of sp³-hybridized carbons (Fsp3) is 0.353. The standard InChI is InChI=1S/C17H19N3O4S/c1-4-24-11-6-5-9(7-12(11)23-2)10-8-13(21)18-15-14(10)16(22)20-17(19-15)25-3/h5-7,10H,4,8H2,1-3H3,(H2,18,19,20,21,22)/t10-/m1/s1. The number of benzene rings is 1. The van der Waals surface area contributed by atoms with Crippen LogP contribution in [0.2, 0.25) is 0 Å². The molecule has 1 amide bonds. The number of methoxy groups -OCH3 is 1. The zero-order valence-electron chi connectivity index (χ0n) is 14.2. The van der Waals surface area contributed by atoms with E-state index in [1.54, 1.807) is 19.2 Å². The Morgan fingerprint density at radius 2 is 2.12 bits per heavy atom. The molecule has 1 aliphatic heterocycles. The Labute approximate surface area is 149 Å². The van der Waals surface area contributed by atoms with Gasteiger partial charge in [0, 0.05) is 12.3 Å². The first-order valence-electron chi connectivity index (χ1n) is 7.86. The maximum Gasteiger partial charge on any atom is 0.257 e. The van der Waals surface area contributed by atoms with Gasteiger partial charge in [-0.15, -0.1) is 0 Å². The van der Waals surface area contributed by atoms with Gasteiger partial charge in [0.1, 0.15) is 5.82 Å². The number of amides is 1. The third kappa shape index (κ3) is 3.34. The van der Waals surface area contributed by atoms with E-state index in [1.807, 2.05) is 19.2 Å². The number of aromatic nitrogens is 2. The van der Waals surface area contributed by atoms with E-state index in [0.29, 0.717) is 34.6 Å². The summed E-state index contributed by atoms with van der Waals surface area (Å²) in [6, 6.07) is 5.45. The fourth-order valence-electron chi connectivity index (χ4n) is 2.91. The number of rotatable bonds is 5.